The van der Waals surface area contributed by atoms with Gasteiger partial charge >= 0.3 is 0 Å². The van der Waals surface area contributed by atoms with Gasteiger partial charge in [-0.2, -0.15) is 0 Å². The lowest BCUT2D eigenvalue weighted by Crippen LogP contribution is -2.09. The smallest absolute Gasteiger partial charge is 0.0711 e. The zero-order valence-corrected chi connectivity index (χ0v) is 26.2. The van der Waals surface area contributed by atoms with Crippen LogP contribution >= 0.6 is 27.3 Å². The van der Waals surface area contributed by atoms with Crippen LogP contribution in [0.4, 0.5) is 17.1 Å². The highest BCUT2D eigenvalue weighted by molar-refractivity contribution is 9.11. The summed E-state index contributed by atoms with van der Waals surface area (Å²) in [5.74, 6) is 0. The first-order valence-electron chi connectivity index (χ1n) is 14.8. The van der Waals surface area contributed by atoms with Crippen molar-refractivity contribution in [3.05, 3.63) is 135 Å². The molecule has 0 aliphatic carbocycles. The first kappa shape index (κ1) is 29.1. The Morgan fingerprint density at radius 2 is 1.22 bits per heavy atom. The molecule has 0 saturated carbocycles. The highest BCUT2D eigenvalue weighted by atomic mass is 79.9. The summed E-state index contributed by atoms with van der Waals surface area (Å²) < 4.78 is 1.15. The molecule has 0 bridgehead atoms. The van der Waals surface area contributed by atoms with Gasteiger partial charge in [0.05, 0.1) is 3.79 Å². The van der Waals surface area contributed by atoms with Crippen LogP contribution in [-0.2, 0) is 6.42 Å². The molecule has 1 aromatic heterocycles. The fourth-order valence-corrected chi connectivity index (χ4v) is 6.75. The molecule has 0 saturated heterocycles. The molecule has 5 aromatic rings. The third-order valence-electron chi connectivity index (χ3n) is 7.42. The van der Waals surface area contributed by atoms with Crippen molar-refractivity contribution in [2.24, 2.45) is 0 Å². The fraction of sp³-hybridized carbons (Fsp3) is 0.211. The second-order valence-electron chi connectivity index (χ2n) is 10.5. The van der Waals surface area contributed by atoms with E-state index in [1.54, 1.807) is 11.3 Å². The normalized spacial score (nSPS) is 11.3. The van der Waals surface area contributed by atoms with Gasteiger partial charge in [0.15, 0.2) is 0 Å². The van der Waals surface area contributed by atoms with E-state index >= 15 is 0 Å². The van der Waals surface area contributed by atoms with Crippen LogP contribution in [0.25, 0.3) is 23.3 Å². The van der Waals surface area contributed by atoms with E-state index in [9.17, 15) is 0 Å². The Balaban J connectivity index is 1.28. The van der Waals surface area contributed by atoms with Crippen LogP contribution in [0.5, 0.6) is 0 Å². The third-order valence-corrected chi connectivity index (χ3v) is 9.03. The minimum atomic E-state index is 1.14. The monoisotopic (exact) mass is 619 g/mol. The van der Waals surface area contributed by atoms with Gasteiger partial charge in [-0.3, -0.25) is 0 Å². The molecule has 0 aliphatic heterocycles. The second kappa shape index (κ2) is 15.0. The number of hydrogen-bond acceptors (Lipinski definition) is 2. The minimum Gasteiger partial charge on any atom is -0.311 e. The predicted molar refractivity (Wildman–Crippen MR) is 185 cm³/mol. The number of hydrogen-bond donors (Lipinski definition) is 0. The molecule has 3 heteroatoms. The minimum absolute atomic E-state index is 1.14. The number of rotatable bonds is 13. The van der Waals surface area contributed by atoms with E-state index in [0.717, 1.165) is 20.8 Å². The van der Waals surface area contributed by atoms with Crippen LogP contribution in [0.1, 0.15) is 61.5 Å². The number of unbranched alkanes of at least 4 members (excludes halogenated alkanes) is 5. The number of para-hydroxylation sites is 2. The van der Waals surface area contributed by atoms with E-state index in [1.807, 2.05) is 0 Å². The Morgan fingerprint density at radius 1 is 0.634 bits per heavy atom. The van der Waals surface area contributed by atoms with Gasteiger partial charge < -0.3 is 4.90 Å². The molecule has 0 atom stereocenters. The van der Waals surface area contributed by atoms with Crippen molar-refractivity contribution in [2.75, 3.05) is 4.90 Å². The standard InChI is InChI=1S/C38H38BrNS/c1-2-3-4-5-6-9-14-30-19-24-32(25-20-30)36-29-38(39)41-37(36)28-23-31-21-26-35(27-22-31)40(33-15-10-7-11-16-33)34-17-12-8-13-18-34/h7-8,10-13,15-29H,2-6,9,14H2,1H3/b28-23+. The summed E-state index contributed by atoms with van der Waals surface area (Å²) in [5, 5.41) is 0. The maximum atomic E-state index is 3.73. The van der Waals surface area contributed by atoms with Crippen molar-refractivity contribution < 1.29 is 0 Å². The Morgan fingerprint density at radius 3 is 1.85 bits per heavy atom. The Kier molecular flexibility index (Phi) is 10.7. The maximum absolute atomic E-state index is 3.73. The van der Waals surface area contributed by atoms with Crippen molar-refractivity contribution in [1.29, 1.82) is 0 Å². The Bertz CT molecular complexity index is 1460. The van der Waals surface area contributed by atoms with Crippen molar-refractivity contribution in [2.45, 2.75) is 51.9 Å². The van der Waals surface area contributed by atoms with Gasteiger partial charge in [-0.15, -0.1) is 11.3 Å². The molecule has 1 nitrogen and oxygen atoms in total. The summed E-state index contributed by atoms with van der Waals surface area (Å²) in [5.41, 5.74) is 8.60. The van der Waals surface area contributed by atoms with Crippen LogP contribution in [0, 0.1) is 0 Å². The lowest BCUT2D eigenvalue weighted by molar-refractivity contribution is 0.607. The molecule has 0 unspecified atom stereocenters. The molecule has 4 aromatic carbocycles. The summed E-state index contributed by atoms with van der Waals surface area (Å²) in [6, 6.07) is 41.3. The molecule has 208 valence electrons. The number of thiophene rings is 1. The summed E-state index contributed by atoms with van der Waals surface area (Å²) in [6.07, 6.45) is 13.7. The molecular formula is C38H38BrNS. The summed E-state index contributed by atoms with van der Waals surface area (Å²) in [4.78, 5) is 3.55. The largest absolute Gasteiger partial charge is 0.311 e. The van der Waals surface area contributed by atoms with Crippen molar-refractivity contribution in [3.8, 4) is 11.1 Å². The molecule has 1 heterocycles. The second-order valence-corrected chi connectivity index (χ2v) is 12.9. The molecule has 0 fully saturated rings. The lowest BCUT2D eigenvalue weighted by atomic mass is 10.0. The fourth-order valence-electron chi connectivity index (χ4n) is 5.19. The van der Waals surface area contributed by atoms with E-state index in [4.69, 9.17) is 0 Å². The first-order chi connectivity index (χ1) is 20.2. The molecule has 41 heavy (non-hydrogen) atoms. The summed E-state index contributed by atoms with van der Waals surface area (Å²) in [7, 11) is 0. The average molecular weight is 621 g/mol. The maximum Gasteiger partial charge on any atom is 0.0711 e. The molecule has 0 aliphatic rings. The van der Waals surface area contributed by atoms with Gasteiger partial charge in [0.2, 0.25) is 0 Å². The molecule has 5 rings (SSSR count). The van der Waals surface area contributed by atoms with E-state index in [-0.39, 0.29) is 0 Å². The first-order valence-corrected chi connectivity index (χ1v) is 16.4. The van der Waals surface area contributed by atoms with Gasteiger partial charge in [0.25, 0.3) is 0 Å². The van der Waals surface area contributed by atoms with Crippen LogP contribution in [0.15, 0.2) is 119 Å². The Hall–Kier alpha value is -3.40. The topological polar surface area (TPSA) is 3.24 Å². The van der Waals surface area contributed by atoms with E-state index < -0.39 is 0 Å². The zero-order chi connectivity index (χ0) is 28.3. The highest BCUT2D eigenvalue weighted by Crippen LogP contribution is 2.37. The summed E-state index contributed by atoms with van der Waals surface area (Å²) in [6.45, 7) is 2.28. The molecular weight excluding hydrogens is 582 g/mol. The van der Waals surface area contributed by atoms with Gasteiger partial charge in [0.1, 0.15) is 0 Å². The van der Waals surface area contributed by atoms with Gasteiger partial charge in [-0.25, -0.2) is 0 Å². The number of aryl methyl sites for hydroxylation is 1. The van der Waals surface area contributed by atoms with Crippen LogP contribution in [0.3, 0.4) is 0 Å². The molecule has 0 N–H and O–H groups in total. The van der Waals surface area contributed by atoms with Crippen molar-refractivity contribution >= 4 is 56.5 Å². The van der Waals surface area contributed by atoms with E-state index in [1.165, 1.54) is 72.1 Å². The zero-order valence-electron chi connectivity index (χ0n) is 23.8. The number of halogens is 1. The predicted octanol–water partition coefficient (Wildman–Crippen LogP) is 12.7. The van der Waals surface area contributed by atoms with Crippen LogP contribution < -0.4 is 4.90 Å². The van der Waals surface area contributed by atoms with E-state index in [2.05, 4.69) is 155 Å². The van der Waals surface area contributed by atoms with Crippen LogP contribution in [-0.4, -0.2) is 0 Å². The number of anilines is 3. The lowest BCUT2D eigenvalue weighted by Gasteiger charge is -2.25. The van der Waals surface area contributed by atoms with Gasteiger partial charge in [-0.1, -0.05) is 118 Å². The molecule has 0 radical (unpaired) electrons. The molecule has 0 amide bonds. The number of nitrogens with zero attached hydrogens (tertiary/aromatic N) is 1. The van der Waals surface area contributed by atoms with Crippen LogP contribution in [0.2, 0.25) is 0 Å². The van der Waals surface area contributed by atoms with E-state index in [0.29, 0.717) is 0 Å². The summed E-state index contributed by atoms with van der Waals surface area (Å²) >= 11 is 5.51. The van der Waals surface area contributed by atoms with Crippen molar-refractivity contribution in [1.82, 2.24) is 0 Å². The highest BCUT2D eigenvalue weighted by Gasteiger charge is 2.12. The third kappa shape index (κ3) is 8.09. The van der Waals surface area contributed by atoms with Gasteiger partial charge in [-0.05, 0) is 94.0 Å². The van der Waals surface area contributed by atoms with Crippen molar-refractivity contribution in [3.63, 3.8) is 0 Å². The Labute approximate surface area is 258 Å². The average Bonchev–Trinajstić information content (AvgIpc) is 3.40. The SMILES string of the molecule is CCCCCCCCc1ccc(-c2cc(Br)sc2/C=C/c2ccc(N(c3ccccc3)c3ccccc3)cc2)cc1. The number of benzene rings is 4. The molecule has 0 spiro atoms. The quantitative estimate of drug-likeness (QED) is 0.118. The van der Waals surface area contributed by atoms with Gasteiger partial charge in [0, 0.05) is 27.5 Å².